The van der Waals surface area contributed by atoms with Crippen LogP contribution < -0.4 is 10.6 Å². The summed E-state index contributed by atoms with van der Waals surface area (Å²) in [6.45, 7) is 3.85. The lowest BCUT2D eigenvalue weighted by molar-refractivity contribution is -0.129. The highest BCUT2D eigenvalue weighted by molar-refractivity contribution is 7.98. The van der Waals surface area contributed by atoms with E-state index in [2.05, 4.69) is 54.5 Å². The van der Waals surface area contributed by atoms with Crippen molar-refractivity contribution >= 4 is 36.2 Å². The first-order valence-corrected chi connectivity index (χ1v) is 9.02. The molecule has 0 aliphatic rings. The Morgan fingerprint density at radius 1 is 1.23 bits per heavy atom. The molecule has 1 aromatic rings. The zero-order valence-electron chi connectivity index (χ0n) is 13.3. The Balaban J connectivity index is 2.52. The number of carbonyl (C=O) groups excluding carboxylic acids is 2. The van der Waals surface area contributed by atoms with Crippen molar-refractivity contribution in [2.45, 2.75) is 25.6 Å². The van der Waals surface area contributed by atoms with Gasteiger partial charge in [-0.2, -0.15) is 24.4 Å². The summed E-state index contributed by atoms with van der Waals surface area (Å²) in [7, 11) is 1.58. The van der Waals surface area contributed by atoms with Crippen LogP contribution >= 0.6 is 24.4 Å². The van der Waals surface area contributed by atoms with E-state index < -0.39 is 6.04 Å². The lowest BCUT2D eigenvalue weighted by Crippen LogP contribution is -2.49. The van der Waals surface area contributed by atoms with E-state index in [-0.39, 0.29) is 17.7 Å². The third-order valence-corrected chi connectivity index (χ3v) is 4.93. The molecule has 0 saturated carbocycles. The number of aryl methyl sites for hydroxylation is 1. The number of hydrogen-bond acceptors (Lipinski definition) is 4. The Hall–Kier alpha value is -1.14. The van der Waals surface area contributed by atoms with Gasteiger partial charge >= 0.3 is 0 Å². The predicted octanol–water partition coefficient (Wildman–Crippen LogP) is 2.02. The van der Waals surface area contributed by atoms with Gasteiger partial charge in [0.1, 0.15) is 6.04 Å². The zero-order chi connectivity index (χ0) is 16.5. The lowest BCUT2D eigenvalue weighted by Gasteiger charge is -2.19. The molecule has 122 valence electrons. The van der Waals surface area contributed by atoms with E-state index >= 15 is 0 Å². The maximum absolute atomic E-state index is 11.9. The van der Waals surface area contributed by atoms with Gasteiger partial charge in [0.05, 0.1) is 0 Å². The number of likely N-dealkylation sites (N-methyl/N-ethyl adjacent to an activating group) is 1. The highest BCUT2D eigenvalue weighted by atomic mass is 32.2. The van der Waals surface area contributed by atoms with Crippen LogP contribution in [0.1, 0.15) is 18.1 Å². The molecule has 0 fully saturated rings. The van der Waals surface area contributed by atoms with Crippen LogP contribution in [0, 0.1) is 12.8 Å². The van der Waals surface area contributed by atoms with Crippen molar-refractivity contribution in [2.75, 3.05) is 18.6 Å². The van der Waals surface area contributed by atoms with Crippen LogP contribution in [-0.2, 0) is 15.3 Å². The van der Waals surface area contributed by atoms with Crippen molar-refractivity contribution in [1.82, 2.24) is 10.6 Å². The van der Waals surface area contributed by atoms with Gasteiger partial charge in [0, 0.05) is 30.2 Å². The van der Waals surface area contributed by atoms with Gasteiger partial charge in [-0.1, -0.05) is 36.8 Å². The number of hydrogen-bond donors (Lipinski definition) is 3. The van der Waals surface area contributed by atoms with Crippen molar-refractivity contribution in [1.29, 1.82) is 0 Å². The number of nitrogens with one attached hydrogen (secondary N) is 2. The monoisotopic (exact) mass is 340 g/mol. The van der Waals surface area contributed by atoms with E-state index in [9.17, 15) is 9.59 Å². The van der Waals surface area contributed by atoms with E-state index in [4.69, 9.17) is 0 Å². The second-order valence-corrected chi connectivity index (χ2v) is 6.66. The molecule has 6 heteroatoms. The highest BCUT2D eigenvalue weighted by Gasteiger charge is 2.22. The van der Waals surface area contributed by atoms with Crippen LogP contribution in [0.2, 0.25) is 0 Å². The molecule has 0 aliphatic carbocycles. The average molecular weight is 341 g/mol. The van der Waals surface area contributed by atoms with Crippen molar-refractivity contribution in [3.05, 3.63) is 35.4 Å². The summed E-state index contributed by atoms with van der Waals surface area (Å²) in [5.41, 5.74) is 2.44. The van der Waals surface area contributed by atoms with Crippen molar-refractivity contribution in [3.8, 4) is 0 Å². The molecule has 2 amide bonds. The summed E-state index contributed by atoms with van der Waals surface area (Å²) in [6.07, 6.45) is 0. The van der Waals surface area contributed by atoms with Crippen LogP contribution in [-0.4, -0.2) is 36.4 Å². The summed E-state index contributed by atoms with van der Waals surface area (Å²) >= 11 is 5.74. The van der Waals surface area contributed by atoms with Gasteiger partial charge in [-0.25, -0.2) is 0 Å². The van der Waals surface area contributed by atoms with Crippen molar-refractivity contribution in [3.63, 3.8) is 0 Å². The molecule has 1 aromatic carbocycles. The molecule has 0 saturated heterocycles. The SMILES string of the molecule is CNC(=O)[C@H](CSCc1ccc(C)cc1)NC(=O)[C@H](C)CS. The summed E-state index contributed by atoms with van der Waals surface area (Å²) in [6, 6.07) is 7.79. The molecule has 22 heavy (non-hydrogen) atoms. The normalized spacial score (nSPS) is 13.3. The smallest absolute Gasteiger partial charge is 0.243 e. The van der Waals surface area contributed by atoms with E-state index in [1.807, 2.05) is 0 Å². The molecule has 0 heterocycles. The summed E-state index contributed by atoms with van der Waals surface area (Å²) in [5.74, 6) is 1.29. The number of thioether (sulfide) groups is 1. The maximum Gasteiger partial charge on any atom is 0.243 e. The van der Waals surface area contributed by atoms with Gasteiger partial charge < -0.3 is 10.6 Å². The molecule has 0 spiro atoms. The minimum atomic E-state index is -0.518. The van der Waals surface area contributed by atoms with Gasteiger partial charge in [0.25, 0.3) is 0 Å². The quantitative estimate of drug-likeness (QED) is 0.635. The van der Waals surface area contributed by atoms with Crippen molar-refractivity contribution in [2.24, 2.45) is 5.92 Å². The molecule has 0 unspecified atom stereocenters. The molecule has 1 rings (SSSR count). The fourth-order valence-corrected chi connectivity index (χ4v) is 2.92. The highest BCUT2D eigenvalue weighted by Crippen LogP contribution is 2.14. The predicted molar refractivity (Wildman–Crippen MR) is 96.4 cm³/mol. The van der Waals surface area contributed by atoms with Crippen LogP contribution in [0.4, 0.5) is 0 Å². The van der Waals surface area contributed by atoms with E-state index in [0.29, 0.717) is 11.5 Å². The Morgan fingerprint density at radius 2 is 1.86 bits per heavy atom. The lowest BCUT2D eigenvalue weighted by atomic mass is 10.2. The van der Waals surface area contributed by atoms with Gasteiger partial charge in [0.15, 0.2) is 0 Å². The maximum atomic E-state index is 11.9. The largest absolute Gasteiger partial charge is 0.357 e. The van der Waals surface area contributed by atoms with Gasteiger partial charge in [-0.15, -0.1) is 0 Å². The molecule has 0 aliphatic heterocycles. The summed E-state index contributed by atoms with van der Waals surface area (Å²) in [4.78, 5) is 23.8. The molecular formula is C16H24N2O2S2. The Labute approximate surface area is 142 Å². The van der Waals surface area contributed by atoms with Gasteiger partial charge in [0.2, 0.25) is 11.8 Å². The Bertz CT molecular complexity index is 491. The standard InChI is InChI=1S/C16H24N2O2S2/c1-11-4-6-13(7-5-11)9-22-10-14(16(20)17-3)18-15(19)12(2)8-21/h4-7,12,14,21H,8-10H2,1-3H3,(H,17,20)(H,18,19)/t12-,14+/m1/s1. The van der Waals surface area contributed by atoms with Crippen LogP contribution in [0.5, 0.6) is 0 Å². The molecule has 2 N–H and O–H groups in total. The molecule has 0 radical (unpaired) electrons. The zero-order valence-corrected chi connectivity index (χ0v) is 15.0. The second-order valence-electron chi connectivity index (χ2n) is 5.26. The number of rotatable bonds is 8. The second kappa shape index (κ2) is 9.79. The first kappa shape index (κ1) is 18.9. The molecule has 0 aromatic heterocycles. The average Bonchev–Trinajstić information content (AvgIpc) is 2.53. The Morgan fingerprint density at radius 3 is 2.41 bits per heavy atom. The number of thiol groups is 1. The number of carbonyl (C=O) groups is 2. The molecule has 4 nitrogen and oxygen atoms in total. The van der Waals surface area contributed by atoms with Crippen LogP contribution in [0.3, 0.4) is 0 Å². The number of amides is 2. The third kappa shape index (κ3) is 6.32. The topological polar surface area (TPSA) is 58.2 Å². The van der Waals surface area contributed by atoms with E-state index in [1.165, 1.54) is 11.1 Å². The van der Waals surface area contributed by atoms with E-state index in [0.717, 1.165) is 5.75 Å². The first-order valence-electron chi connectivity index (χ1n) is 7.24. The minimum Gasteiger partial charge on any atom is -0.357 e. The first-order chi connectivity index (χ1) is 10.5. The van der Waals surface area contributed by atoms with E-state index in [1.54, 1.807) is 25.7 Å². The fraction of sp³-hybridized carbons (Fsp3) is 0.500. The number of benzene rings is 1. The fourth-order valence-electron chi connectivity index (χ4n) is 1.73. The molecular weight excluding hydrogens is 316 g/mol. The summed E-state index contributed by atoms with van der Waals surface area (Å²) < 4.78 is 0. The molecule has 2 atom stereocenters. The van der Waals surface area contributed by atoms with Crippen LogP contribution in [0.15, 0.2) is 24.3 Å². The van der Waals surface area contributed by atoms with Gasteiger partial charge in [-0.3, -0.25) is 9.59 Å². The molecule has 0 bridgehead atoms. The minimum absolute atomic E-state index is 0.139. The van der Waals surface area contributed by atoms with Crippen molar-refractivity contribution < 1.29 is 9.59 Å². The third-order valence-electron chi connectivity index (χ3n) is 3.27. The van der Waals surface area contributed by atoms with Crippen LogP contribution in [0.25, 0.3) is 0 Å². The summed E-state index contributed by atoms with van der Waals surface area (Å²) in [5, 5.41) is 5.39. The Kier molecular flexibility index (Phi) is 8.42. The van der Waals surface area contributed by atoms with Gasteiger partial charge in [-0.05, 0) is 12.5 Å².